The average molecular weight is 362 g/mol. The Kier molecular flexibility index (Phi) is 5.27. The van der Waals surface area contributed by atoms with Gasteiger partial charge in [-0.05, 0) is 55.4 Å². The van der Waals surface area contributed by atoms with Gasteiger partial charge in [-0.3, -0.25) is 14.4 Å². The third-order valence-electron chi connectivity index (χ3n) is 7.20. The van der Waals surface area contributed by atoms with E-state index in [1.165, 1.54) is 5.57 Å². The van der Waals surface area contributed by atoms with E-state index in [2.05, 4.69) is 13.8 Å². The van der Waals surface area contributed by atoms with Crippen LogP contribution in [0.15, 0.2) is 11.6 Å². The first kappa shape index (κ1) is 19.1. The summed E-state index contributed by atoms with van der Waals surface area (Å²) in [7, 11) is 0. The van der Waals surface area contributed by atoms with Gasteiger partial charge in [0.25, 0.3) is 0 Å². The molecular formula is C21H30O5. The predicted molar refractivity (Wildman–Crippen MR) is 96.4 cm³/mol. The summed E-state index contributed by atoms with van der Waals surface area (Å²) < 4.78 is 5.51. The smallest absolute Gasteiger partial charge is 0.306 e. The van der Waals surface area contributed by atoms with Crippen LogP contribution in [0.25, 0.3) is 0 Å². The number of carboxylic acids is 1. The van der Waals surface area contributed by atoms with Crippen LogP contribution in [0.3, 0.4) is 0 Å². The first-order valence-corrected chi connectivity index (χ1v) is 9.85. The van der Waals surface area contributed by atoms with E-state index < -0.39 is 11.9 Å². The number of fused-ring (bicyclic) bond motifs is 3. The largest absolute Gasteiger partial charge is 0.481 e. The SMILES string of the molecule is C[C@@]1(COC(=O)CCC(=O)O)CCC[C@]2(C)[C@H]3CCC(=O)C=C3CC[C@@H]12. The molecule has 144 valence electrons. The highest BCUT2D eigenvalue weighted by atomic mass is 16.5. The van der Waals surface area contributed by atoms with Gasteiger partial charge in [0.05, 0.1) is 19.4 Å². The first-order chi connectivity index (χ1) is 12.2. The third-order valence-corrected chi connectivity index (χ3v) is 7.20. The summed E-state index contributed by atoms with van der Waals surface area (Å²) in [5, 5.41) is 8.71. The van der Waals surface area contributed by atoms with Crippen molar-refractivity contribution in [3.63, 3.8) is 0 Å². The number of ether oxygens (including phenoxy) is 1. The molecule has 3 rings (SSSR count). The maximum atomic E-state index is 11.9. The van der Waals surface area contributed by atoms with Gasteiger partial charge in [-0.2, -0.15) is 0 Å². The lowest BCUT2D eigenvalue weighted by molar-refractivity contribution is -0.157. The van der Waals surface area contributed by atoms with Crippen LogP contribution in [-0.4, -0.2) is 29.4 Å². The molecule has 0 aromatic carbocycles. The van der Waals surface area contributed by atoms with Gasteiger partial charge in [0.2, 0.25) is 0 Å². The summed E-state index contributed by atoms with van der Waals surface area (Å²) in [6.07, 6.45) is 8.56. The number of carboxylic acid groups (broad SMARTS) is 1. The average Bonchev–Trinajstić information content (AvgIpc) is 2.57. The maximum absolute atomic E-state index is 11.9. The molecule has 0 spiro atoms. The van der Waals surface area contributed by atoms with Gasteiger partial charge < -0.3 is 9.84 Å². The summed E-state index contributed by atoms with van der Waals surface area (Å²) in [5.41, 5.74) is 1.42. The molecular weight excluding hydrogens is 332 g/mol. The summed E-state index contributed by atoms with van der Waals surface area (Å²) in [5.74, 6) is -0.186. The number of hydrogen-bond acceptors (Lipinski definition) is 4. The van der Waals surface area contributed by atoms with E-state index in [0.717, 1.165) is 38.5 Å². The second-order valence-corrected chi connectivity index (χ2v) is 8.94. The lowest BCUT2D eigenvalue weighted by atomic mass is 9.46. The monoisotopic (exact) mass is 362 g/mol. The van der Waals surface area contributed by atoms with Gasteiger partial charge in [0.15, 0.2) is 5.78 Å². The summed E-state index contributed by atoms with van der Waals surface area (Å²) >= 11 is 0. The predicted octanol–water partition coefficient (Wildman–Crippen LogP) is 3.91. The second kappa shape index (κ2) is 7.16. The summed E-state index contributed by atoms with van der Waals surface area (Å²) in [6.45, 7) is 4.97. The Morgan fingerprint density at radius 2 is 1.96 bits per heavy atom. The van der Waals surface area contributed by atoms with Gasteiger partial charge in [0, 0.05) is 11.8 Å². The highest BCUT2D eigenvalue weighted by Crippen LogP contribution is 2.62. The second-order valence-electron chi connectivity index (χ2n) is 8.94. The van der Waals surface area contributed by atoms with Crippen LogP contribution in [0.5, 0.6) is 0 Å². The van der Waals surface area contributed by atoms with Crippen molar-refractivity contribution in [2.45, 2.75) is 71.6 Å². The van der Waals surface area contributed by atoms with Crippen LogP contribution in [0, 0.1) is 22.7 Å². The van der Waals surface area contributed by atoms with E-state index >= 15 is 0 Å². The molecule has 1 N–H and O–H groups in total. The molecule has 0 heterocycles. The Labute approximate surface area is 155 Å². The Morgan fingerprint density at radius 1 is 1.19 bits per heavy atom. The van der Waals surface area contributed by atoms with Crippen molar-refractivity contribution < 1.29 is 24.2 Å². The van der Waals surface area contributed by atoms with Crippen LogP contribution in [-0.2, 0) is 19.1 Å². The van der Waals surface area contributed by atoms with Crippen LogP contribution in [0.2, 0.25) is 0 Å². The number of esters is 1. The Balaban J connectivity index is 1.72. The molecule has 0 aliphatic heterocycles. The molecule has 0 unspecified atom stereocenters. The molecule has 0 aromatic rings. The normalized spacial score (nSPS) is 36.5. The van der Waals surface area contributed by atoms with Crippen LogP contribution in [0.4, 0.5) is 0 Å². The zero-order chi connectivity index (χ0) is 18.9. The number of ketones is 1. The third kappa shape index (κ3) is 3.58. The van der Waals surface area contributed by atoms with Gasteiger partial charge >= 0.3 is 11.9 Å². The molecule has 3 aliphatic rings. The lowest BCUT2D eigenvalue weighted by Crippen LogP contribution is -2.52. The van der Waals surface area contributed by atoms with E-state index in [1.54, 1.807) is 0 Å². The number of aliphatic carboxylic acids is 1. The van der Waals surface area contributed by atoms with Crippen LogP contribution >= 0.6 is 0 Å². The summed E-state index contributed by atoms with van der Waals surface area (Å²) in [4.78, 5) is 34.3. The van der Waals surface area contributed by atoms with Gasteiger partial charge in [0.1, 0.15) is 0 Å². The minimum atomic E-state index is -0.975. The number of rotatable bonds is 5. The molecule has 0 saturated heterocycles. The fourth-order valence-electron chi connectivity index (χ4n) is 5.97. The molecule has 3 aliphatic carbocycles. The van der Waals surface area contributed by atoms with Crippen molar-refractivity contribution in [3.05, 3.63) is 11.6 Å². The maximum Gasteiger partial charge on any atom is 0.306 e. The Morgan fingerprint density at radius 3 is 2.69 bits per heavy atom. The van der Waals surface area contributed by atoms with Crippen LogP contribution in [0.1, 0.15) is 71.6 Å². The fourth-order valence-corrected chi connectivity index (χ4v) is 5.97. The zero-order valence-electron chi connectivity index (χ0n) is 15.9. The first-order valence-electron chi connectivity index (χ1n) is 9.85. The van der Waals surface area contributed by atoms with Crippen molar-refractivity contribution in [3.8, 4) is 0 Å². The van der Waals surface area contributed by atoms with Crippen molar-refractivity contribution in [2.24, 2.45) is 22.7 Å². The molecule has 0 aromatic heterocycles. The summed E-state index contributed by atoms with van der Waals surface area (Å²) in [6, 6.07) is 0. The van der Waals surface area contributed by atoms with E-state index in [4.69, 9.17) is 9.84 Å². The van der Waals surface area contributed by atoms with E-state index in [9.17, 15) is 14.4 Å². The Bertz CT molecular complexity index is 636. The van der Waals surface area contributed by atoms with Crippen molar-refractivity contribution in [2.75, 3.05) is 6.61 Å². The molecule has 2 saturated carbocycles. The molecule has 4 atom stereocenters. The molecule has 2 fully saturated rings. The topological polar surface area (TPSA) is 80.7 Å². The fraction of sp³-hybridized carbons (Fsp3) is 0.762. The minimum Gasteiger partial charge on any atom is -0.481 e. The molecule has 0 amide bonds. The highest BCUT2D eigenvalue weighted by Gasteiger charge is 2.55. The van der Waals surface area contributed by atoms with Crippen molar-refractivity contribution in [1.29, 1.82) is 0 Å². The number of allylic oxidation sites excluding steroid dienone is 2. The number of carbonyl (C=O) groups is 3. The number of carbonyl (C=O) groups excluding carboxylic acids is 2. The van der Waals surface area contributed by atoms with E-state index in [0.29, 0.717) is 24.9 Å². The lowest BCUT2D eigenvalue weighted by Gasteiger charge is -2.59. The molecule has 5 nitrogen and oxygen atoms in total. The molecule has 26 heavy (non-hydrogen) atoms. The highest BCUT2D eigenvalue weighted by molar-refractivity contribution is 5.91. The van der Waals surface area contributed by atoms with Gasteiger partial charge in [-0.1, -0.05) is 25.8 Å². The molecule has 0 radical (unpaired) electrons. The van der Waals surface area contributed by atoms with Crippen molar-refractivity contribution >= 4 is 17.7 Å². The van der Waals surface area contributed by atoms with E-state index in [1.807, 2.05) is 6.08 Å². The number of hydrogen-bond donors (Lipinski definition) is 1. The Hall–Kier alpha value is -1.65. The molecule has 0 bridgehead atoms. The standard InChI is InChI=1S/C21H30O5/c1-20(13-26-19(25)9-8-18(23)24)10-3-11-21(2)16-6-5-15(22)12-14(16)4-7-17(20)21/h12,16-17H,3-11,13H2,1-2H3,(H,23,24)/t16-,17-,20-,21+/m0/s1. The van der Waals surface area contributed by atoms with E-state index in [-0.39, 0.29) is 29.5 Å². The minimum absolute atomic E-state index is 0.0645. The zero-order valence-corrected chi connectivity index (χ0v) is 15.9. The van der Waals surface area contributed by atoms with Crippen molar-refractivity contribution in [1.82, 2.24) is 0 Å². The quantitative estimate of drug-likeness (QED) is 0.750. The van der Waals surface area contributed by atoms with Gasteiger partial charge in [-0.15, -0.1) is 0 Å². The molecule has 5 heteroatoms. The van der Waals surface area contributed by atoms with Crippen LogP contribution < -0.4 is 0 Å². The van der Waals surface area contributed by atoms with Gasteiger partial charge in [-0.25, -0.2) is 0 Å².